The summed E-state index contributed by atoms with van der Waals surface area (Å²) in [7, 11) is 1.30. The highest BCUT2D eigenvalue weighted by Crippen LogP contribution is 2.34. The van der Waals surface area contributed by atoms with Crippen LogP contribution in [0.2, 0.25) is 5.02 Å². The number of aromatic nitrogens is 1. The van der Waals surface area contributed by atoms with Gasteiger partial charge < -0.3 is 14.2 Å². The Labute approximate surface area is 214 Å². The smallest absolute Gasteiger partial charge is 0.339 e. The SMILES string of the molecule is COC(=O)c1cncc(COc2cc(OCc3cccc(-c4ccccc4)c3C)c(Cl)cc2C=O)c1. The normalized spacial score (nSPS) is 10.5. The van der Waals surface area contributed by atoms with Crippen LogP contribution in [0.1, 0.15) is 37.4 Å². The molecule has 3 aromatic carbocycles. The summed E-state index contributed by atoms with van der Waals surface area (Å²) in [6, 6.07) is 21.0. The molecule has 0 amide bonds. The lowest BCUT2D eigenvalue weighted by molar-refractivity contribution is 0.0600. The molecule has 0 aliphatic heterocycles. The Morgan fingerprint density at radius 3 is 2.47 bits per heavy atom. The van der Waals surface area contributed by atoms with E-state index in [1.807, 2.05) is 30.3 Å². The molecule has 0 radical (unpaired) electrons. The van der Waals surface area contributed by atoms with E-state index >= 15 is 0 Å². The van der Waals surface area contributed by atoms with E-state index in [4.69, 9.17) is 25.8 Å². The summed E-state index contributed by atoms with van der Waals surface area (Å²) in [5.74, 6) is 0.206. The molecule has 36 heavy (non-hydrogen) atoms. The molecule has 0 spiro atoms. The third kappa shape index (κ3) is 5.73. The Morgan fingerprint density at radius 1 is 0.944 bits per heavy atom. The van der Waals surface area contributed by atoms with Crippen molar-refractivity contribution in [3.63, 3.8) is 0 Å². The predicted molar refractivity (Wildman–Crippen MR) is 138 cm³/mol. The van der Waals surface area contributed by atoms with Gasteiger partial charge in [0, 0.05) is 24.0 Å². The van der Waals surface area contributed by atoms with Crippen LogP contribution >= 0.6 is 11.6 Å². The van der Waals surface area contributed by atoms with E-state index in [2.05, 4.69) is 30.1 Å². The second kappa shape index (κ2) is 11.5. The first-order chi connectivity index (χ1) is 17.5. The molecule has 0 saturated carbocycles. The molecule has 1 aromatic heterocycles. The highest BCUT2D eigenvalue weighted by atomic mass is 35.5. The molecule has 0 bridgehead atoms. The molecule has 0 aliphatic carbocycles. The number of benzene rings is 3. The van der Waals surface area contributed by atoms with Crippen LogP contribution in [0.25, 0.3) is 11.1 Å². The summed E-state index contributed by atoms with van der Waals surface area (Å²) in [5, 5.41) is 0.302. The van der Waals surface area contributed by atoms with Crippen molar-refractivity contribution in [2.24, 2.45) is 0 Å². The van der Waals surface area contributed by atoms with E-state index < -0.39 is 5.97 Å². The first kappa shape index (κ1) is 24.9. The van der Waals surface area contributed by atoms with Gasteiger partial charge in [-0.05, 0) is 41.3 Å². The molecule has 0 atom stereocenters. The number of hydrogen-bond acceptors (Lipinski definition) is 6. The Morgan fingerprint density at radius 2 is 1.72 bits per heavy atom. The number of carbonyl (C=O) groups is 2. The van der Waals surface area contributed by atoms with Crippen LogP contribution in [0.15, 0.2) is 79.1 Å². The largest absolute Gasteiger partial charge is 0.488 e. The van der Waals surface area contributed by atoms with Crippen LogP contribution < -0.4 is 9.47 Å². The van der Waals surface area contributed by atoms with Gasteiger partial charge in [-0.2, -0.15) is 0 Å². The van der Waals surface area contributed by atoms with E-state index in [1.165, 1.54) is 19.4 Å². The van der Waals surface area contributed by atoms with Gasteiger partial charge in [-0.1, -0.05) is 60.1 Å². The fraction of sp³-hybridized carbons (Fsp3) is 0.138. The predicted octanol–water partition coefficient (Wildman–Crippen LogP) is 6.47. The van der Waals surface area contributed by atoms with Crippen LogP contribution in [-0.4, -0.2) is 24.3 Å². The van der Waals surface area contributed by atoms with Gasteiger partial charge in [-0.15, -0.1) is 0 Å². The second-order valence-corrected chi connectivity index (χ2v) is 8.45. The fourth-order valence-electron chi connectivity index (χ4n) is 3.76. The summed E-state index contributed by atoms with van der Waals surface area (Å²) in [6.45, 7) is 2.43. The van der Waals surface area contributed by atoms with Crippen molar-refractivity contribution in [3.8, 4) is 22.6 Å². The van der Waals surface area contributed by atoms with Gasteiger partial charge in [0.25, 0.3) is 0 Å². The fourth-order valence-corrected chi connectivity index (χ4v) is 3.99. The number of halogens is 1. The van der Waals surface area contributed by atoms with Gasteiger partial charge in [-0.25, -0.2) is 4.79 Å². The first-order valence-corrected chi connectivity index (χ1v) is 11.6. The minimum Gasteiger partial charge on any atom is -0.488 e. The van der Waals surface area contributed by atoms with Crippen LogP contribution in [0.4, 0.5) is 0 Å². The van der Waals surface area contributed by atoms with Gasteiger partial charge in [0.05, 0.1) is 23.3 Å². The third-order valence-electron chi connectivity index (χ3n) is 5.72. The van der Waals surface area contributed by atoms with Crippen molar-refractivity contribution < 1.29 is 23.8 Å². The Bertz CT molecular complexity index is 1390. The lowest BCUT2D eigenvalue weighted by Gasteiger charge is -2.15. The number of esters is 1. The monoisotopic (exact) mass is 501 g/mol. The Balaban J connectivity index is 1.52. The summed E-state index contributed by atoms with van der Waals surface area (Å²) in [5.41, 5.74) is 5.62. The third-order valence-corrected chi connectivity index (χ3v) is 6.01. The average molecular weight is 502 g/mol. The molecule has 182 valence electrons. The molecule has 0 aliphatic rings. The quantitative estimate of drug-likeness (QED) is 0.193. The summed E-state index contributed by atoms with van der Waals surface area (Å²) < 4.78 is 16.6. The summed E-state index contributed by atoms with van der Waals surface area (Å²) in [4.78, 5) is 27.4. The molecule has 0 N–H and O–H groups in total. The molecule has 0 unspecified atom stereocenters. The minimum atomic E-state index is -0.494. The number of methoxy groups -OCH3 is 1. The molecule has 4 aromatic rings. The topological polar surface area (TPSA) is 74.7 Å². The van der Waals surface area contributed by atoms with Crippen molar-refractivity contribution >= 4 is 23.9 Å². The first-order valence-electron chi connectivity index (χ1n) is 11.2. The minimum absolute atomic E-state index is 0.0813. The van der Waals surface area contributed by atoms with Crippen LogP contribution in [0.5, 0.6) is 11.5 Å². The van der Waals surface area contributed by atoms with E-state index in [0.29, 0.717) is 33.9 Å². The highest BCUT2D eigenvalue weighted by molar-refractivity contribution is 6.32. The van der Waals surface area contributed by atoms with Gasteiger partial charge in [0.15, 0.2) is 6.29 Å². The zero-order valence-electron chi connectivity index (χ0n) is 19.9. The standard InChI is InChI=1S/C29H24ClNO5/c1-19-22(9-6-10-25(19)21-7-4-3-5-8-21)18-36-28-13-27(24(16-32)12-26(28)30)35-17-20-11-23(15-31-14-20)29(33)34-2/h3-16H,17-18H2,1-2H3. The lowest BCUT2D eigenvalue weighted by Crippen LogP contribution is -2.05. The van der Waals surface area contributed by atoms with Crippen molar-refractivity contribution in [1.82, 2.24) is 4.98 Å². The van der Waals surface area contributed by atoms with E-state index in [1.54, 1.807) is 18.3 Å². The van der Waals surface area contributed by atoms with Crippen molar-refractivity contribution in [2.45, 2.75) is 20.1 Å². The number of ether oxygens (including phenoxy) is 3. The average Bonchev–Trinajstić information content (AvgIpc) is 2.92. The molecule has 1 heterocycles. The number of pyridine rings is 1. The maximum Gasteiger partial charge on any atom is 0.339 e. The highest BCUT2D eigenvalue weighted by Gasteiger charge is 2.14. The van der Waals surface area contributed by atoms with Gasteiger partial charge in [-0.3, -0.25) is 9.78 Å². The van der Waals surface area contributed by atoms with Crippen molar-refractivity contribution in [2.75, 3.05) is 7.11 Å². The van der Waals surface area contributed by atoms with E-state index in [0.717, 1.165) is 22.3 Å². The molecule has 0 fully saturated rings. The number of hydrogen-bond donors (Lipinski definition) is 0. The number of nitrogens with zero attached hydrogens (tertiary/aromatic N) is 1. The van der Waals surface area contributed by atoms with Gasteiger partial charge >= 0.3 is 5.97 Å². The van der Waals surface area contributed by atoms with Crippen LogP contribution in [-0.2, 0) is 18.0 Å². The molecular formula is C29H24ClNO5. The molecule has 6 nitrogen and oxygen atoms in total. The lowest BCUT2D eigenvalue weighted by atomic mass is 9.97. The van der Waals surface area contributed by atoms with Crippen LogP contribution in [0, 0.1) is 6.92 Å². The Kier molecular flexibility index (Phi) is 7.98. The molecular weight excluding hydrogens is 478 g/mol. The number of aldehydes is 1. The number of rotatable bonds is 9. The van der Waals surface area contributed by atoms with Gasteiger partial charge in [0.1, 0.15) is 24.7 Å². The zero-order chi connectivity index (χ0) is 25.5. The van der Waals surface area contributed by atoms with Gasteiger partial charge in [0.2, 0.25) is 0 Å². The van der Waals surface area contributed by atoms with Crippen molar-refractivity contribution in [1.29, 1.82) is 0 Å². The zero-order valence-corrected chi connectivity index (χ0v) is 20.6. The van der Waals surface area contributed by atoms with E-state index in [-0.39, 0.29) is 18.8 Å². The maximum atomic E-state index is 11.8. The number of carbonyl (C=O) groups excluding carboxylic acids is 2. The van der Waals surface area contributed by atoms with Crippen molar-refractivity contribution in [3.05, 3.63) is 112 Å². The molecule has 7 heteroatoms. The second-order valence-electron chi connectivity index (χ2n) is 8.04. The Hall–Kier alpha value is -4.16. The maximum absolute atomic E-state index is 11.8. The van der Waals surface area contributed by atoms with E-state index in [9.17, 15) is 9.59 Å². The van der Waals surface area contributed by atoms with Crippen LogP contribution in [0.3, 0.4) is 0 Å². The molecule has 0 saturated heterocycles. The summed E-state index contributed by atoms with van der Waals surface area (Å²) >= 11 is 6.40. The molecule has 4 rings (SSSR count). The summed E-state index contributed by atoms with van der Waals surface area (Å²) in [6.07, 6.45) is 3.65.